The maximum Gasteiger partial charge on any atom is 0.335 e. The lowest BCUT2D eigenvalue weighted by Gasteiger charge is -2.17. The summed E-state index contributed by atoms with van der Waals surface area (Å²) in [5, 5.41) is 0. The second-order valence-corrected chi connectivity index (χ2v) is 7.99. The Morgan fingerprint density at radius 2 is 2.15 bits per heavy atom. The Balaban J connectivity index is 1.48. The molecule has 0 aliphatic carbocycles. The fourth-order valence-electron chi connectivity index (χ4n) is 2.89. The Kier molecular flexibility index (Phi) is 5.59. The molecule has 26 heavy (non-hydrogen) atoms. The largest absolute Gasteiger partial charge is 0.462 e. The van der Waals surface area contributed by atoms with Crippen molar-refractivity contribution in [3.05, 3.63) is 29.8 Å². The van der Waals surface area contributed by atoms with Gasteiger partial charge in [-0.1, -0.05) is 12.1 Å². The van der Waals surface area contributed by atoms with Gasteiger partial charge in [0.2, 0.25) is 0 Å². The molecule has 0 N–H and O–H groups in total. The monoisotopic (exact) mass is 383 g/mol. The first-order chi connectivity index (χ1) is 12.4. The van der Waals surface area contributed by atoms with E-state index < -0.39 is 28.0 Å². The minimum atomic E-state index is -3.89. The molecule has 1 aromatic rings. The molecule has 0 radical (unpaired) electrons. The first-order valence-corrected chi connectivity index (χ1v) is 9.91. The molecular formula is C17H21NO7S. The average molecular weight is 383 g/mol. The van der Waals surface area contributed by atoms with Gasteiger partial charge >= 0.3 is 5.97 Å². The second-order valence-electron chi connectivity index (χ2n) is 6.16. The van der Waals surface area contributed by atoms with E-state index in [0.717, 1.165) is 17.1 Å². The maximum atomic E-state index is 12.4. The molecule has 2 aliphatic heterocycles. The Labute approximate surface area is 152 Å². The lowest BCUT2D eigenvalue weighted by atomic mass is 10.2. The average Bonchev–Trinajstić information content (AvgIpc) is 3.21. The molecule has 2 aliphatic rings. The van der Waals surface area contributed by atoms with Gasteiger partial charge < -0.3 is 14.2 Å². The van der Waals surface area contributed by atoms with Crippen LogP contribution in [0.15, 0.2) is 29.2 Å². The van der Waals surface area contributed by atoms with Gasteiger partial charge in [0.1, 0.15) is 11.5 Å². The quantitative estimate of drug-likeness (QED) is 0.647. The molecule has 0 spiro atoms. The number of hydrogen-bond acceptors (Lipinski definition) is 7. The number of esters is 1. The van der Waals surface area contributed by atoms with Crippen LogP contribution < -0.4 is 0 Å². The number of carbonyl (C=O) groups excluding carboxylic acids is 2. The lowest BCUT2D eigenvalue weighted by molar-refractivity contribution is -0.157. The van der Waals surface area contributed by atoms with Gasteiger partial charge in [-0.15, -0.1) is 0 Å². The van der Waals surface area contributed by atoms with Gasteiger partial charge in [-0.25, -0.2) is 17.5 Å². The highest BCUT2D eigenvalue weighted by atomic mass is 32.2. The van der Waals surface area contributed by atoms with Crippen molar-refractivity contribution in [2.75, 3.05) is 26.4 Å². The summed E-state index contributed by atoms with van der Waals surface area (Å²) in [4.78, 5) is 24.2. The zero-order valence-corrected chi connectivity index (χ0v) is 15.2. The molecule has 8 nitrogen and oxygen atoms in total. The fraction of sp³-hybridized carbons (Fsp3) is 0.529. The zero-order valence-electron chi connectivity index (χ0n) is 14.4. The standard InChI is InChI=1S/C17H21NO7S/c1-12(25-11-13-5-4-9-23-13)17(20)24-10-8-18-16(19)14-6-2-3-7-15(14)26(18,21)22/h2-3,6-7,12-13H,4-5,8-11H2,1H3. The van der Waals surface area contributed by atoms with E-state index in [0.29, 0.717) is 13.2 Å². The van der Waals surface area contributed by atoms with Gasteiger partial charge in [-0.3, -0.25) is 4.79 Å². The number of rotatable bonds is 7. The van der Waals surface area contributed by atoms with Crippen LogP contribution in [0.4, 0.5) is 0 Å². The van der Waals surface area contributed by atoms with Crippen molar-refractivity contribution in [3.8, 4) is 0 Å². The van der Waals surface area contributed by atoms with Crippen LogP contribution in [0.3, 0.4) is 0 Å². The van der Waals surface area contributed by atoms with Crippen LogP contribution in [-0.4, -0.2) is 63.2 Å². The van der Waals surface area contributed by atoms with Crippen molar-refractivity contribution in [2.24, 2.45) is 0 Å². The summed E-state index contributed by atoms with van der Waals surface area (Å²) in [6, 6.07) is 6.00. The molecule has 1 aromatic carbocycles. The number of hydrogen-bond donors (Lipinski definition) is 0. The van der Waals surface area contributed by atoms with Gasteiger partial charge in [0.05, 0.1) is 24.8 Å². The fourth-order valence-corrected chi connectivity index (χ4v) is 4.45. The van der Waals surface area contributed by atoms with Gasteiger partial charge in [0, 0.05) is 6.61 Å². The first kappa shape index (κ1) is 18.8. The molecule has 0 aromatic heterocycles. The van der Waals surface area contributed by atoms with Crippen molar-refractivity contribution in [3.63, 3.8) is 0 Å². The van der Waals surface area contributed by atoms with Crippen molar-refractivity contribution in [2.45, 2.75) is 36.9 Å². The SMILES string of the molecule is CC(OCC1CCCO1)C(=O)OCCN1C(=O)c2ccccc2S1(=O)=O. The summed E-state index contributed by atoms with van der Waals surface area (Å²) in [7, 11) is -3.89. The van der Waals surface area contributed by atoms with Gasteiger partial charge in [-0.2, -0.15) is 0 Å². The van der Waals surface area contributed by atoms with Crippen molar-refractivity contribution in [1.29, 1.82) is 0 Å². The number of carbonyl (C=O) groups is 2. The van der Waals surface area contributed by atoms with Crippen LogP contribution in [0.25, 0.3) is 0 Å². The first-order valence-electron chi connectivity index (χ1n) is 8.47. The third-order valence-corrected chi connectivity index (χ3v) is 6.18. The molecule has 1 amide bonds. The minimum absolute atomic E-state index is 0.00359. The van der Waals surface area contributed by atoms with Crippen molar-refractivity contribution in [1.82, 2.24) is 4.31 Å². The Hall–Kier alpha value is -1.97. The summed E-state index contributed by atoms with van der Waals surface area (Å²) < 4.78 is 41.4. The zero-order chi connectivity index (χ0) is 18.7. The topological polar surface area (TPSA) is 99.2 Å². The number of amides is 1. The Morgan fingerprint density at radius 1 is 1.38 bits per heavy atom. The van der Waals surface area contributed by atoms with E-state index in [1.165, 1.54) is 12.1 Å². The number of ether oxygens (including phenoxy) is 3. The number of benzene rings is 1. The molecule has 2 heterocycles. The van der Waals surface area contributed by atoms with Crippen molar-refractivity contribution >= 4 is 21.9 Å². The van der Waals surface area contributed by atoms with E-state index in [1.807, 2.05) is 0 Å². The predicted octanol–water partition coefficient (Wildman–Crippen LogP) is 0.958. The minimum Gasteiger partial charge on any atom is -0.462 e. The third-order valence-electron chi connectivity index (χ3n) is 4.34. The van der Waals surface area contributed by atoms with Gasteiger partial charge in [-0.05, 0) is 31.9 Å². The highest BCUT2D eigenvalue weighted by Gasteiger charge is 2.40. The molecule has 2 atom stereocenters. The van der Waals surface area contributed by atoms with E-state index in [-0.39, 0.29) is 29.7 Å². The maximum absolute atomic E-state index is 12.4. The summed E-state index contributed by atoms with van der Waals surface area (Å²) in [5.41, 5.74) is 0.132. The summed E-state index contributed by atoms with van der Waals surface area (Å²) in [6.45, 7) is 2.11. The number of nitrogens with zero attached hydrogens (tertiary/aromatic N) is 1. The molecule has 3 rings (SSSR count). The van der Waals surface area contributed by atoms with E-state index in [2.05, 4.69) is 0 Å². The second kappa shape index (κ2) is 7.73. The molecule has 0 saturated carbocycles. The molecule has 0 bridgehead atoms. The molecule has 9 heteroatoms. The lowest BCUT2D eigenvalue weighted by Crippen LogP contribution is -2.35. The van der Waals surface area contributed by atoms with Crippen LogP contribution in [0.2, 0.25) is 0 Å². The molecule has 1 saturated heterocycles. The number of sulfonamides is 1. The van der Waals surface area contributed by atoms with E-state index in [9.17, 15) is 18.0 Å². The highest BCUT2D eigenvalue weighted by Crippen LogP contribution is 2.29. The van der Waals surface area contributed by atoms with E-state index >= 15 is 0 Å². The smallest absolute Gasteiger partial charge is 0.335 e. The van der Waals surface area contributed by atoms with Crippen LogP contribution in [0, 0.1) is 0 Å². The summed E-state index contributed by atoms with van der Waals surface area (Å²) in [6.07, 6.45) is 1.09. The van der Waals surface area contributed by atoms with E-state index in [4.69, 9.17) is 14.2 Å². The third kappa shape index (κ3) is 3.74. The van der Waals surface area contributed by atoms with Crippen LogP contribution in [0.1, 0.15) is 30.1 Å². The highest BCUT2D eigenvalue weighted by molar-refractivity contribution is 7.90. The van der Waals surface area contributed by atoms with Crippen LogP contribution >= 0.6 is 0 Å². The molecule has 2 unspecified atom stereocenters. The van der Waals surface area contributed by atoms with Crippen LogP contribution in [0.5, 0.6) is 0 Å². The van der Waals surface area contributed by atoms with Gasteiger partial charge in [0.15, 0.2) is 6.10 Å². The molecular weight excluding hydrogens is 362 g/mol. The Bertz CT molecular complexity index is 786. The molecule has 142 valence electrons. The van der Waals surface area contributed by atoms with Gasteiger partial charge in [0.25, 0.3) is 15.9 Å². The molecule has 1 fully saturated rings. The van der Waals surface area contributed by atoms with Crippen LogP contribution in [-0.2, 0) is 29.0 Å². The van der Waals surface area contributed by atoms with E-state index in [1.54, 1.807) is 19.1 Å². The normalized spacial score (nSPS) is 22.3. The number of fused-ring (bicyclic) bond motifs is 1. The summed E-state index contributed by atoms with van der Waals surface area (Å²) in [5.74, 6) is -1.22. The predicted molar refractivity (Wildman–Crippen MR) is 90.0 cm³/mol. The Morgan fingerprint density at radius 3 is 2.85 bits per heavy atom. The summed E-state index contributed by atoms with van der Waals surface area (Å²) >= 11 is 0. The van der Waals surface area contributed by atoms with Crippen molar-refractivity contribution < 1.29 is 32.2 Å².